The van der Waals surface area contributed by atoms with Crippen molar-refractivity contribution < 1.29 is 18.8 Å². The fourth-order valence-electron chi connectivity index (χ4n) is 4.36. The summed E-state index contributed by atoms with van der Waals surface area (Å²) in [5.41, 5.74) is -1.15. The monoisotopic (exact) mass is 421 g/mol. The van der Waals surface area contributed by atoms with Gasteiger partial charge in [-0.15, -0.1) is 0 Å². The molecule has 9 heteroatoms. The highest BCUT2D eigenvalue weighted by molar-refractivity contribution is 5.81. The van der Waals surface area contributed by atoms with Gasteiger partial charge < -0.3 is 19.5 Å². The number of piperazine rings is 1. The van der Waals surface area contributed by atoms with Crippen molar-refractivity contribution in [3.05, 3.63) is 11.7 Å². The standard InChI is InChI=1S/C21H35N5O4/c1-15-22-17(30-24-15)14-25-10-12-26(13-11-25)18(27)16-8-6-7-9-21(16,5)23-19(28)29-20(2,3)4/h16H,6-14H2,1-5H3,(H,23,28)/t16-,21-/m0/s1. The van der Waals surface area contributed by atoms with E-state index in [2.05, 4.69) is 20.4 Å². The van der Waals surface area contributed by atoms with Gasteiger partial charge in [0.05, 0.1) is 18.0 Å². The third kappa shape index (κ3) is 5.71. The van der Waals surface area contributed by atoms with Crippen LogP contribution in [0.2, 0.25) is 0 Å². The maximum absolute atomic E-state index is 13.4. The molecule has 1 aromatic rings. The molecule has 2 amide bonds. The molecule has 1 aromatic heterocycles. The molecular weight excluding hydrogens is 386 g/mol. The molecule has 1 aliphatic heterocycles. The summed E-state index contributed by atoms with van der Waals surface area (Å²) in [5, 5.41) is 6.85. The van der Waals surface area contributed by atoms with Crippen LogP contribution in [0.15, 0.2) is 4.52 Å². The number of ether oxygens (including phenoxy) is 1. The Balaban J connectivity index is 1.58. The number of alkyl carbamates (subject to hydrolysis) is 1. The van der Waals surface area contributed by atoms with Crippen molar-refractivity contribution >= 4 is 12.0 Å². The Bertz CT molecular complexity index is 751. The molecule has 0 aromatic carbocycles. The molecule has 1 saturated carbocycles. The van der Waals surface area contributed by atoms with Gasteiger partial charge in [0.2, 0.25) is 11.8 Å². The van der Waals surface area contributed by atoms with Gasteiger partial charge in [0.1, 0.15) is 5.60 Å². The van der Waals surface area contributed by atoms with Gasteiger partial charge in [-0.3, -0.25) is 9.69 Å². The van der Waals surface area contributed by atoms with Gasteiger partial charge in [0.25, 0.3) is 0 Å². The molecule has 3 rings (SSSR count). The number of hydrogen-bond acceptors (Lipinski definition) is 7. The number of amides is 2. The van der Waals surface area contributed by atoms with E-state index in [9.17, 15) is 9.59 Å². The van der Waals surface area contributed by atoms with Crippen LogP contribution < -0.4 is 5.32 Å². The fourth-order valence-corrected chi connectivity index (χ4v) is 4.36. The molecule has 1 N–H and O–H groups in total. The molecule has 1 saturated heterocycles. The van der Waals surface area contributed by atoms with Gasteiger partial charge in [-0.25, -0.2) is 4.79 Å². The van der Waals surface area contributed by atoms with Gasteiger partial charge in [0.15, 0.2) is 5.82 Å². The zero-order valence-electron chi connectivity index (χ0n) is 18.9. The second-order valence-electron chi connectivity index (χ2n) is 9.68. The van der Waals surface area contributed by atoms with Crippen LogP contribution in [0.5, 0.6) is 0 Å². The van der Waals surface area contributed by atoms with Gasteiger partial charge in [-0.1, -0.05) is 18.0 Å². The van der Waals surface area contributed by atoms with Gasteiger partial charge >= 0.3 is 6.09 Å². The number of nitrogens with zero attached hydrogens (tertiary/aromatic N) is 4. The average Bonchev–Trinajstić information content (AvgIpc) is 3.05. The predicted molar refractivity (Wildman–Crippen MR) is 111 cm³/mol. The molecular formula is C21H35N5O4. The van der Waals surface area contributed by atoms with Crippen LogP contribution in [0, 0.1) is 12.8 Å². The van der Waals surface area contributed by atoms with Crippen LogP contribution >= 0.6 is 0 Å². The van der Waals surface area contributed by atoms with Crippen molar-refractivity contribution in [1.82, 2.24) is 25.3 Å². The second kappa shape index (κ2) is 8.91. The second-order valence-corrected chi connectivity index (χ2v) is 9.68. The molecule has 2 atom stereocenters. The Kier molecular flexibility index (Phi) is 6.69. The molecule has 9 nitrogen and oxygen atoms in total. The van der Waals surface area contributed by atoms with E-state index in [-0.39, 0.29) is 11.8 Å². The number of nitrogens with one attached hydrogen (secondary N) is 1. The summed E-state index contributed by atoms with van der Waals surface area (Å²) in [6.45, 7) is 12.7. The lowest BCUT2D eigenvalue weighted by atomic mass is 9.73. The van der Waals surface area contributed by atoms with Crippen molar-refractivity contribution in [3.63, 3.8) is 0 Å². The third-order valence-corrected chi connectivity index (χ3v) is 5.91. The van der Waals surface area contributed by atoms with Crippen molar-refractivity contribution in [1.29, 1.82) is 0 Å². The molecule has 0 spiro atoms. The van der Waals surface area contributed by atoms with Crippen LogP contribution in [0.1, 0.15) is 65.1 Å². The molecule has 30 heavy (non-hydrogen) atoms. The Morgan fingerprint density at radius 1 is 1.23 bits per heavy atom. The first kappa shape index (κ1) is 22.5. The van der Waals surface area contributed by atoms with Gasteiger partial charge in [-0.2, -0.15) is 4.98 Å². The first-order valence-electron chi connectivity index (χ1n) is 10.9. The number of aryl methyl sites for hydroxylation is 1. The molecule has 2 fully saturated rings. The quantitative estimate of drug-likeness (QED) is 0.797. The molecule has 168 valence electrons. The van der Waals surface area contributed by atoms with Crippen LogP contribution in [-0.4, -0.2) is 69.3 Å². The minimum atomic E-state index is -0.587. The number of carbonyl (C=O) groups is 2. The highest BCUT2D eigenvalue weighted by Gasteiger charge is 2.44. The fraction of sp³-hybridized carbons (Fsp3) is 0.810. The summed E-state index contributed by atoms with van der Waals surface area (Å²) in [6.07, 6.45) is 3.10. The largest absolute Gasteiger partial charge is 0.444 e. The average molecular weight is 422 g/mol. The zero-order valence-corrected chi connectivity index (χ0v) is 18.9. The van der Waals surface area contributed by atoms with E-state index in [1.165, 1.54) is 0 Å². The highest BCUT2D eigenvalue weighted by Crippen LogP contribution is 2.35. The molecule has 1 aliphatic carbocycles. The van der Waals surface area contributed by atoms with E-state index in [0.29, 0.717) is 31.3 Å². The highest BCUT2D eigenvalue weighted by atomic mass is 16.6. The molecule has 0 radical (unpaired) electrons. The summed E-state index contributed by atoms with van der Waals surface area (Å²) in [6, 6.07) is 0. The normalized spacial score (nSPS) is 25.8. The Morgan fingerprint density at radius 2 is 1.93 bits per heavy atom. The minimum Gasteiger partial charge on any atom is -0.444 e. The minimum absolute atomic E-state index is 0.126. The SMILES string of the molecule is Cc1noc(CN2CCN(C(=O)[C@@H]3CCCC[C@]3(C)NC(=O)OC(C)(C)C)CC2)n1. The van der Waals surface area contributed by atoms with E-state index >= 15 is 0 Å². The lowest BCUT2D eigenvalue weighted by Gasteiger charge is -2.44. The van der Waals surface area contributed by atoms with E-state index in [4.69, 9.17) is 9.26 Å². The Hall–Kier alpha value is -2.16. The summed E-state index contributed by atoms with van der Waals surface area (Å²) in [4.78, 5) is 34.2. The third-order valence-electron chi connectivity index (χ3n) is 5.91. The lowest BCUT2D eigenvalue weighted by molar-refractivity contribution is -0.141. The number of carbonyl (C=O) groups excluding carboxylic acids is 2. The number of hydrogen-bond donors (Lipinski definition) is 1. The van der Waals surface area contributed by atoms with Crippen LogP contribution in [-0.2, 0) is 16.1 Å². The maximum atomic E-state index is 13.4. The molecule has 2 aliphatic rings. The Labute approximate surface area is 178 Å². The van der Waals surface area contributed by atoms with Crippen LogP contribution in [0.4, 0.5) is 4.79 Å². The van der Waals surface area contributed by atoms with Crippen LogP contribution in [0.3, 0.4) is 0 Å². The van der Waals surface area contributed by atoms with Gasteiger partial charge in [0, 0.05) is 26.2 Å². The predicted octanol–water partition coefficient (Wildman–Crippen LogP) is 2.50. The topological polar surface area (TPSA) is 101 Å². The summed E-state index contributed by atoms with van der Waals surface area (Å²) in [7, 11) is 0. The number of rotatable bonds is 4. The maximum Gasteiger partial charge on any atom is 0.408 e. The van der Waals surface area contributed by atoms with Crippen molar-refractivity contribution in [2.75, 3.05) is 26.2 Å². The first-order valence-corrected chi connectivity index (χ1v) is 10.9. The molecule has 0 bridgehead atoms. The molecule has 0 unspecified atom stereocenters. The van der Waals surface area contributed by atoms with E-state index in [1.54, 1.807) is 6.92 Å². The van der Waals surface area contributed by atoms with E-state index in [1.807, 2.05) is 32.6 Å². The van der Waals surface area contributed by atoms with E-state index < -0.39 is 17.2 Å². The van der Waals surface area contributed by atoms with Crippen molar-refractivity contribution in [2.45, 2.75) is 78.0 Å². The smallest absolute Gasteiger partial charge is 0.408 e. The van der Waals surface area contributed by atoms with E-state index in [0.717, 1.165) is 38.8 Å². The Morgan fingerprint density at radius 3 is 2.53 bits per heavy atom. The van der Waals surface area contributed by atoms with Gasteiger partial charge in [-0.05, 0) is 47.5 Å². The van der Waals surface area contributed by atoms with Crippen LogP contribution in [0.25, 0.3) is 0 Å². The summed E-state index contributed by atoms with van der Waals surface area (Å²) >= 11 is 0. The molecule has 2 heterocycles. The van der Waals surface area contributed by atoms with Crippen molar-refractivity contribution in [2.24, 2.45) is 5.92 Å². The number of aromatic nitrogens is 2. The summed E-state index contributed by atoms with van der Waals surface area (Å²) < 4.78 is 10.6. The summed E-state index contributed by atoms with van der Waals surface area (Å²) in [5.74, 6) is 1.13. The first-order chi connectivity index (χ1) is 14.1. The van der Waals surface area contributed by atoms with Crippen molar-refractivity contribution in [3.8, 4) is 0 Å². The lowest BCUT2D eigenvalue weighted by Crippen LogP contribution is -2.60. The zero-order chi connectivity index (χ0) is 21.9.